The van der Waals surface area contributed by atoms with Crippen molar-refractivity contribution in [1.29, 1.82) is 0 Å². The summed E-state index contributed by atoms with van der Waals surface area (Å²) >= 11 is 12.3. The van der Waals surface area contributed by atoms with Gasteiger partial charge in [0.2, 0.25) is 21.8 Å². The molecule has 0 saturated heterocycles. The zero-order chi connectivity index (χ0) is 24.8. The van der Waals surface area contributed by atoms with Crippen LogP contribution in [-0.2, 0) is 26.2 Å². The van der Waals surface area contributed by atoms with Gasteiger partial charge in [-0.1, -0.05) is 66.5 Å². The van der Waals surface area contributed by atoms with E-state index in [9.17, 15) is 18.0 Å². The summed E-state index contributed by atoms with van der Waals surface area (Å²) in [6.07, 6.45) is 1.72. The number of anilines is 1. The van der Waals surface area contributed by atoms with E-state index in [0.717, 1.165) is 22.5 Å². The van der Waals surface area contributed by atoms with Crippen molar-refractivity contribution < 1.29 is 18.0 Å². The van der Waals surface area contributed by atoms with E-state index in [0.29, 0.717) is 0 Å². The fourth-order valence-corrected chi connectivity index (χ4v) is 4.41. The average molecular weight is 514 g/mol. The number of halogens is 2. The summed E-state index contributed by atoms with van der Waals surface area (Å²) in [4.78, 5) is 27.6. The van der Waals surface area contributed by atoms with E-state index in [1.165, 1.54) is 17.0 Å². The monoisotopic (exact) mass is 513 g/mol. The molecule has 0 aliphatic heterocycles. The number of hydrogen-bond acceptors (Lipinski definition) is 4. The van der Waals surface area contributed by atoms with Crippen LogP contribution >= 0.6 is 23.2 Å². The molecule has 0 fully saturated rings. The summed E-state index contributed by atoms with van der Waals surface area (Å²) in [5.74, 6) is -0.868. The summed E-state index contributed by atoms with van der Waals surface area (Å²) in [5.41, 5.74) is 0.900. The molecule has 0 spiro atoms. The van der Waals surface area contributed by atoms with Crippen molar-refractivity contribution in [3.05, 3.63) is 64.1 Å². The van der Waals surface area contributed by atoms with E-state index in [4.69, 9.17) is 23.2 Å². The van der Waals surface area contributed by atoms with Crippen molar-refractivity contribution in [2.24, 2.45) is 0 Å². The molecule has 2 rings (SSSR count). The highest BCUT2D eigenvalue weighted by atomic mass is 35.5. The standard InChI is InChI=1S/C23H29Cl2N3O4S/c1-5-16(2)26-23(30)17(3)27(14-18-10-7-6-8-11-18)21(29)15-28(33(4,31)32)20-13-9-12-19(24)22(20)25/h6-13,16-17H,5,14-15H2,1-4H3,(H,26,30). The van der Waals surface area contributed by atoms with Gasteiger partial charge >= 0.3 is 0 Å². The van der Waals surface area contributed by atoms with Gasteiger partial charge in [-0.2, -0.15) is 0 Å². The first kappa shape index (κ1) is 27.0. The average Bonchev–Trinajstić information content (AvgIpc) is 2.77. The van der Waals surface area contributed by atoms with Gasteiger partial charge in [0.05, 0.1) is 22.0 Å². The van der Waals surface area contributed by atoms with Crippen LogP contribution in [0.2, 0.25) is 10.0 Å². The molecule has 0 aliphatic rings. The van der Waals surface area contributed by atoms with Gasteiger partial charge in [-0.15, -0.1) is 0 Å². The number of rotatable bonds is 10. The predicted octanol–water partition coefficient (Wildman–Crippen LogP) is 4.09. The lowest BCUT2D eigenvalue weighted by Gasteiger charge is -2.32. The Bertz CT molecular complexity index is 1080. The van der Waals surface area contributed by atoms with Gasteiger partial charge in [-0.05, 0) is 38.0 Å². The molecule has 33 heavy (non-hydrogen) atoms. The van der Waals surface area contributed by atoms with Crippen LogP contribution in [0, 0.1) is 0 Å². The van der Waals surface area contributed by atoms with Gasteiger partial charge < -0.3 is 10.2 Å². The van der Waals surface area contributed by atoms with Crippen LogP contribution in [0.3, 0.4) is 0 Å². The lowest BCUT2D eigenvalue weighted by molar-refractivity contribution is -0.139. The molecule has 0 saturated carbocycles. The molecule has 0 heterocycles. The molecule has 7 nitrogen and oxygen atoms in total. The van der Waals surface area contributed by atoms with E-state index in [-0.39, 0.29) is 34.2 Å². The van der Waals surface area contributed by atoms with E-state index in [1.54, 1.807) is 13.0 Å². The van der Waals surface area contributed by atoms with E-state index >= 15 is 0 Å². The first-order chi connectivity index (χ1) is 15.5. The molecule has 0 bridgehead atoms. The molecular formula is C23H29Cl2N3O4S. The number of hydrogen-bond donors (Lipinski definition) is 1. The maximum atomic E-state index is 13.4. The van der Waals surface area contributed by atoms with Crippen LogP contribution in [0.5, 0.6) is 0 Å². The van der Waals surface area contributed by atoms with Crippen molar-refractivity contribution in [3.63, 3.8) is 0 Å². The highest BCUT2D eigenvalue weighted by molar-refractivity contribution is 7.92. The summed E-state index contributed by atoms with van der Waals surface area (Å²) in [7, 11) is -3.89. The van der Waals surface area contributed by atoms with Crippen molar-refractivity contribution in [2.75, 3.05) is 17.1 Å². The first-order valence-corrected chi connectivity index (χ1v) is 13.1. The SMILES string of the molecule is CCC(C)NC(=O)C(C)N(Cc1ccccc1)C(=O)CN(c1cccc(Cl)c1Cl)S(C)(=O)=O. The second kappa shape index (κ2) is 11.7. The minimum Gasteiger partial charge on any atom is -0.352 e. The van der Waals surface area contributed by atoms with Gasteiger partial charge in [-0.25, -0.2) is 8.42 Å². The number of carbonyl (C=O) groups excluding carboxylic acids is 2. The number of benzene rings is 2. The molecule has 2 amide bonds. The Balaban J connectivity index is 2.40. The van der Waals surface area contributed by atoms with Crippen LogP contribution in [-0.4, -0.2) is 50.0 Å². The van der Waals surface area contributed by atoms with E-state index < -0.39 is 28.5 Å². The molecular weight excluding hydrogens is 485 g/mol. The Labute approximate surface area is 205 Å². The molecule has 1 N–H and O–H groups in total. The van der Waals surface area contributed by atoms with Gasteiger partial charge in [0.1, 0.15) is 12.6 Å². The zero-order valence-electron chi connectivity index (χ0n) is 19.1. The second-order valence-electron chi connectivity index (χ2n) is 7.84. The molecule has 2 aromatic carbocycles. The van der Waals surface area contributed by atoms with Crippen LogP contribution in [0.25, 0.3) is 0 Å². The molecule has 180 valence electrons. The smallest absolute Gasteiger partial charge is 0.244 e. The van der Waals surface area contributed by atoms with Crippen molar-refractivity contribution in [2.45, 2.75) is 45.8 Å². The Morgan fingerprint density at radius 3 is 2.24 bits per heavy atom. The first-order valence-electron chi connectivity index (χ1n) is 10.5. The number of sulfonamides is 1. The zero-order valence-corrected chi connectivity index (χ0v) is 21.4. The Morgan fingerprint density at radius 2 is 1.67 bits per heavy atom. The molecule has 10 heteroatoms. The molecule has 2 atom stereocenters. The number of amides is 2. The summed E-state index contributed by atoms with van der Waals surface area (Å²) in [6, 6.07) is 12.8. The van der Waals surface area contributed by atoms with Gasteiger partial charge in [0.25, 0.3) is 0 Å². The quantitative estimate of drug-likeness (QED) is 0.518. The van der Waals surface area contributed by atoms with Crippen molar-refractivity contribution in [1.82, 2.24) is 10.2 Å². The lowest BCUT2D eigenvalue weighted by Crippen LogP contribution is -2.52. The van der Waals surface area contributed by atoms with Crippen LogP contribution < -0.4 is 9.62 Å². The molecule has 0 radical (unpaired) electrons. The fraction of sp³-hybridized carbons (Fsp3) is 0.391. The fourth-order valence-electron chi connectivity index (χ4n) is 3.11. The number of carbonyl (C=O) groups is 2. The summed E-state index contributed by atoms with van der Waals surface area (Å²) in [5, 5.41) is 3.07. The van der Waals surface area contributed by atoms with Gasteiger partial charge in [-0.3, -0.25) is 13.9 Å². The number of nitrogens with one attached hydrogen (secondary N) is 1. The third kappa shape index (κ3) is 7.35. The predicted molar refractivity (Wildman–Crippen MR) is 133 cm³/mol. The highest BCUT2D eigenvalue weighted by Crippen LogP contribution is 2.33. The van der Waals surface area contributed by atoms with Crippen LogP contribution in [0.1, 0.15) is 32.8 Å². The summed E-state index contributed by atoms with van der Waals surface area (Å²) < 4.78 is 26.1. The minimum atomic E-state index is -3.89. The van der Waals surface area contributed by atoms with Gasteiger partial charge in [0, 0.05) is 12.6 Å². The van der Waals surface area contributed by atoms with Crippen molar-refractivity contribution >= 4 is 50.7 Å². The van der Waals surface area contributed by atoms with Gasteiger partial charge in [0.15, 0.2) is 0 Å². The van der Waals surface area contributed by atoms with Crippen LogP contribution in [0.4, 0.5) is 5.69 Å². The highest BCUT2D eigenvalue weighted by Gasteiger charge is 2.31. The topological polar surface area (TPSA) is 86.8 Å². The van der Waals surface area contributed by atoms with E-state index in [1.807, 2.05) is 44.2 Å². The second-order valence-corrected chi connectivity index (χ2v) is 10.5. The van der Waals surface area contributed by atoms with Crippen molar-refractivity contribution in [3.8, 4) is 0 Å². The Hall–Kier alpha value is -2.29. The lowest BCUT2D eigenvalue weighted by atomic mass is 10.1. The summed E-state index contributed by atoms with van der Waals surface area (Å²) in [6.45, 7) is 5.04. The molecule has 0 aromatic heterocycles. The minimum absolute atomic E-state index is 0.0227. The van der Waals surface area contributed by atoms with Crippen LogP contribution in [0.15, 0.2) is 48.5 Å². The molecule has 2 aromatic rings. The largest absolute Gasteiger partial charge is 0.352 e. The number of nitrogens with zero attached hydrogens (tertiary/aromatic N) is 2. The maximum Gasteiger partial charge on any atom is 0.244 e. The molecule has 2 unspecified atom stereocenters. The Kier molecular flexibility index (Phi) is 9.57. The third-order valence-corrected chi connectivity index (χ3v) is 7.18. The maximum absolute atomic E-state index is 13.4. The molecule has 0 aliphatic carbocycles. The third-order valence-electron chi connectivity index (χ3n) is 5.24. The normalized spacial score (nSPS) is 13.2. The Morgan fingerprint density at radius 1 is 1.03 bits per heavy atom. The van der Waals surface area contributed by atoms with E-state index in [2.05, 4.69) is 5.32 Å².